The van der Waals surface area contributed by atoms with Crippen molar-refractivity contribution in [3.05, 3.63) is 53.6 Å². The molecule has 0 saturated carbocycles. The van der Waals surface area contributed by atoms with Crippen LogP contribution in [0.2, 0.25) is 0 Å². The van der Waals surface area contributed by atoms with Gasteiger partial charge in [0.1, 0.15) is 5.82 Å². The normalized spacial score (nSPS) is 10.5. The van der Waals surface area contributed by atoms with Gasteiger partial charge in [0.05, 0.1) is 11.4 Å². The number of nitrogens with zero attached hydrogens (tertiary/aromatic N) is 1. The molecule has 2 N–H and O–H groups in total. The van der Waals surface area contributed by atoms with E-state index in [0.717, 1.165) is 18.2 Å². The van der Waals surface area contributed by atoms with Crippen molar-refractivity contribution in [2.45, 2.75) is 13.3 Å². The molecule has 2 rings (SSSR count). The second kappa shape index (κ2) is 5.26. The van der Waals surface area contributed by atoms with Crippen molar-refractivity contribution >= 4 is 17.1 Å². The lowest BCUT2D eigenvalue weighted by Crippen LogP contribution is -2.13. The standard InChI is InChI=1S/C15H16F2N2/c1-3-10-4-6-12(7-5-10)19(2)14-9-11(16)8-13(17)15(14)18/h4-9H,3,18H2,1-2H3. The van der Waals surface area contributed by atoms with Gasteiger partial charge in [-0.1, -0.05) is 19.1 Å². The Kier molecular flexibility index (Phi) is 3.69. The van der Waals surface area contributed by atoms with Crippen LogP contribution in [0.25, 0.3) is 0 Å². The molecule has 0 saturated heterocycles. The molecule has 2 aromatic rings. The molecule has 0 atom stereocenters. The summed E-state index contributed by atoms with van der Waals surface area (Å²) in [5.41, 5.74) is 7.96. The average molecular weight is 262 g/mol. The number of rotatable bonds is 3. The zero-order chi connectivity index (χ0) is 14.0. The van der Waals surface area contributed by atoms with Gasteiger partial charge in [0.2, 0.25) is 0 Å². The van der Waals surface area contributed by atoms with E-state index in [0.29, 0.717) is 5.69 Å². The molecule has 100 valence electrons. The molecule has 0 aromatic heterocycles. The van der Waals surface area contributed by atoms with Crippen LogP contribution in [0.5, 0.6) is 0 Å². The summed E-state index contributed by atoms with van der Waals surface area (Å²) < 4.78 is 26.7. The molecule has 0 aliphatic heterocycles. The molecule has 0 aliphatic carbocycles. The molecule has 0 unspecified atom stereocenters. The highest BCUT2D eigenvalue weighted by Gasteiger charge is 2.13. The van der Waals surface area contributed by atoms with E-state index < -0.39 is 11.6 Å². The van der Waals surface area contributed by atoms with Crippen molar-refractivity contribution in [1.82, 2.24) is 0 Å². The summed E-state index contributed by atoms with van der Waals surface area (Å²) in [7, 11) is 1.73. The summed E-state index contributed by atoms with van der Waals surface area (Å²) in [5, 5.41) is 0. The fourth-order valence-electron chi connectivity index (χ4n) is 1.94. The molecular weight excluding hydrogens is 246 g/mol. The molecule has 4 heteroatoms. The van der Waals surface area contributed by atoms with Gasteiger partial charge in [-0.3, -0.25) is 0 Å². The number of anilines is 3. The highest BCUT2D eigenvalue weighted by molar-refractivity contribution is 5.74. The predicted octanol–water partition coefficient (Wildman–Crippen LogP) is 3.88. The van der Waals surface area contributed by atoms with Gasteiger partial charge in [0, 0.05) is 18.8 Å². The van der Waals surface area contributed by atoms with E-state index in [4.69, 9.17) is 5.73 Å². The fraction of sp³-hybridized carbons (Fsp3) is 0.200. The number of benzene rings is 2. The number of hydrogen-bond acceptors (Lipinski definition) is 2. The number of nitrogens with two attached hydrogens (primary N) is 1. The van der Waals surface area contributed by atoms with Crippen LogP contribution in [0.1, 0.15) is 12.5 Å². The zero-order valence-corrected chi connectivity index (χ0v) is 11.0. The van der Waals surface area contributed by atoms with Crippen LogP contribution < -0.4 is 10.6 Å². The summed E-state index contributed by atoms with van der Waals surface area (Å²) in [4.78, 5) is 1.67. The van der Waals surface area contributed by atoms with E-state index in [9.17, 15) is 8.78 Å². The SMILES string of the molecule is CCc1ccc(N(C)c2cc(F)cc(F)c2N)cc1. The fourth-order valence-corrected chi connectivity index (χ4v) is 1.94. The summed E-state index contributed by atoms with van der Waals surface area (Å²) in [6.45, 7) is 2.07. The maximum absolute atomic E-state index is 13.4. The molecular formula is C15H16F2N2. The first kappa shape index (κ1) is 13.3. The van der Waals surface area contributed by atoms with Crippen molar-refractivity contribution < 1.29 is 8.78 Å². The third kappa shape index (κ3) is 2.67. The molecule has 2 aromatic carbocycles. The van der Waals surface area contributed by atoms with Gasteiger partial charge < -0.3 is 10.6 Å². The van der Waals surface area contributed by atoms with Crippen LogP contribution in [0.3, 0.4) is 0 Å². The smallest absolute Gasteiger partial charge is 0.151 e. The Bertz CT molecular complexity index is 579. The second-order valence-corrected chi connectivity index (χ2v) is 4.40. The predicted molar refractivity (Wildman–Crippen MR) is 74.7 cm³/mol. The van der Waals surface area contributed by atoms with Crippen LogP contribution >= 0.6 is 0 Å². The molecule has 0 fully saturated rings. The van der Waals surface area contributed by atoms with Crippen LogP contribution in [0.15, 0.2) is 36.4 Å². The Labute approximate surface area is 111 Å². The van der Waals surface area contributed by atoms with E-state index >= 15 is 0 Å². The molecule has 0 amide bonds. The van der Waals surface area contributed by atoms with Gasteiger partial charge in [-0.25, -0.2) is 8.78 Å². The summed E-state index contributed by atoms with van der Waals surface area (Å²) in [6.07, 6.45) is 0.945. The zero-order valence-electron chi connectivity index (χ0n) is 11.0. The summed E-state index contributed by atoms with van der Waals surface area (Å²) in [6, 6.07) is 9.79. The lowest BCUT2D eigenvalue weighted by molar-refractivity contribution is 0.586. The number of halogens is 2. The minimum Gasteiger partial charge on any atom is -0.395 e. The topological polar surface area (TPSA) is 29.3 Å². The monoisotopic (exact) mass is 262 g/mol. The van der Waals surface area contributed by atoms with Crippen LogP contribution in [0, 0.1) is 11.6 Å². The molecule has 19 heavy (non-hydrogen) atoms. The molecule has 0 spiro atoms. The number of nitrogen functional groups attached to an aromatic ring is 1. The maximum atomic E-state index is 13.4. The highest BCUT2D eigenvalue weighted by Crippen LogP contribution is 2.31. The Morgan fingerprint density at radius 2 is 1.74 bits per heavy atom. The van der Waals surface area contributed by atoms with Crippen LogP contribution in [-0.2, 0) is 6.42 Å². The van der Waals surface area contributed by atoms with E-state index in [1.165, 1.54) is 11.6 Å². The largest absolute Gasteiger partial charge is 0.395 e. The summed E-state index contributed by atoms with van der Waals surface area (Å²) >= 11 is 0. The Hall–Kier alpha value is -2.10. The third-order valence-corrected chi connectivity index (χ3v) is 3.17. The van der Waals surface area contributed by atoms with Crippen molar-refractivity contribution in [3.8, 4) is 0 Å². The van der Waals surface area contributed by atoms with Gasteiger partial charge in [-0.15, -0.1) is 0 Å². The number of aryl methyl sites for hydroxylation is 1. The van der Waals surface area contributed by atoms with Crippen molar-refractivity contribution in [3.63, 3.8) is 0 Å². The second-order valence-electron chi connectivity index (χ2n) is 4.40. The molecule has 2 nitrogen and oxygen atoms in total. The summed E-state index contributed by atoms with van der Waals surface area (Å²) in [5.74, 6) is -1.38. The third-order valence-electron chi connectivity index (χ3n) is 3.17. The average Bonchev–Trinajstić information content (AvgIpc) is 2.42. The number of hydrogen-bond donors (Lipinski definition) is 1. The van der Waals surface area contributed by atoms with Crippen LogP contribution in [-0.4, -0.2) is 7.05 Å². The van der Waals surface area contributed by atoms with Crippen molar-refractivity contribution in [2.75, 3.05) is 17.7 Å². The van der Waals surface area contributed by atoms with E-state index in [2.05, 4.69) is 6.92 Å². The first-order valence-corrected chi connectivity index (χ1v) is 6.10. The maximum Gasteiger partial charge on any atom is 0.151 e. The highest BCUT2D eigenvalue weighted by atomic mass is 19.1. The molecule has 0 bridgehead atoms. The van der Waals surface area contributed by atoms with Gasteiger partial charge in [0.15, 0.2) is 5.82 Å². The minimum atomic E-state index is -0.743. The Balaban J connectivity index is 2.40. The first-order chi connectivity index (χ1) is 9.02. The van der Waals surface area contributed by atoms with E-state index in [1.54, 1.807) is 11.9 Å². The van der Waals surface area contributed by atoms with Crippen molar-refractivity contribution in [2.24, 2.45) is 0 Å². The lowest BCUT2D eigenvalue weighted by atomic mass is 10.1. The van der Waals surface area contributed by atoms with Crippen molar-refractivity contribution in [1.29, 1.82) is 0 Å². The van der Waals surface area contributed by atoms with Crippen LogP contribution in [0.4, 0.5) is 25.8 Å². The van der Waals surface area contributed by atoms with E-state index in [1.807, 2.05) is 24.3 Å². The van der Waals surface area contributed by atoms with Gasteiger partial charge in [-0.2, -0.15) is 0 Å². The quantitative estimate of drug-likeness (QED) is 0.851. The lowest BCUT2D eigenvalue weighted by Gasteiger charge is -2.21. The van der Waals surface area contributed by atoms with Gasteiger partial charge in [0.25, 0.3) is 0 Å². The van der Waals surface area contributed by atoms with Gasteiger partial charge in [-0.05, 0) is 30.2 Å². The molecule has 0 heterocycles. The Morgan fingerprint density at radius 3 is 2.32 bits per heavy atom. The van der Waals surface area contributed by atoms with E-state index in [-0.39, 0.29) is 5.69 Å². The Morgan fingerprint density at radius 1 is 1.11 bits per heavy atom. The molecule has 0 radical (unpaired) electrons. The molecule has 0 aliphatic rings. The minimum absolute atomic E-state index is 0.0523. The van der Waals surface area contributed by atoms with Gasteiger partial charge >= 0.3 is 0 Å². The first-order valence-electron chi connectivity index (χ1n) is 6.10.